The Morgan fingerprint density at radius 3 is 2.75 bits per heavy atom. The monoisotopic (exact) mass is 264 g/mol. The van der Waals surface area contributed by atoms with Gasteiger partial charge >= 0.3 is 0 Å². The van der Waals surface area contributed by atoms with Crippen LogP contribution in [-0.2, 0) is 0 Å². The zero-order valence-electron chi connectivity index (χ0n) is 11.3. The standard InChI is InChI=1S/C17H16N2O/c1-12(18)15-6-2-3-7-17(15)20-14-9-8-13-5-4-10-19-16(13)11-14/h2-12H,18H2,1H3/t12-/m1/s1. The van der Waals surface area contributed by atoms with Crippen molar-refractivity contribution < 1.29 is 4.74 Å². The summed E-state index contributed by atoms with van der Waals surface area (Å²) >= 11 is 0. The van der Waals surface area contributed by atoms with Crippen molar-refractivity contribution in [1.29, 1.82) is 0 Å². The fourth-order valence-corrected chi connectivity index (χ4v) is 2.19. The molecule has 2 aromatic carbocycles. The highest BCUT2D eigenvalue weighted by atomic mass is 16.5. The zero-order valence-corrected chi connectivity index (χ0v) is 11.3. The van der Waals surface area contributed by atoms with Crippen LogP contribution < -0.4 is 10.5 Å². The molecule has 3 nitrogen and oxygen atoms in total. The van der Waals surface area contributed by atoms with Gasteiger partial charge in [0.25, 0.3) is 0 Å². The van der Waals surface area contributed by atoms with Crippen LogP contribution >= 0.6 is 0 Å². The van der Waals surface area contributed by atoms with Gasteiger partial charge in [-0.3, -0.25) is 4.98 Å². The summed E-state index contributed by atoms with van der Waals surface area (Å²) in [7, 11) is 0. The van der Waals surface area contributed by atoms with Crippen LogP contribution in [-0.4, -0.2) is 4.98 Å². The normalized spacial score (nSPS) is 12.3. The molecule has 0 unspecified atom stereocenters. The Labute approximate surface area is 118 Å². The molecule has 0 bridgehead atoms. The summed E-state index contributed by atoms with van der Waals surface area (Å²) in [6.07, 6.45) is 1.78. The molecule has 1 heterocycles. The van der Waals surface area contributed by atoms with E-state index >= 15 is 0 Å². The van der Waals surface area contributed by atoms with Gasteiger partial charge in [-0.25, -0.2) is 0 Å². The van der Waals surface area contributed by atoms with Crippen molar-refractivity contribution in [2.45, 2.75) is 13.0 Å². The van der Waals surface area contributed by atoms with Crippen molar-refractivity contribution in [2.24, 2.45) is 5.73 Å². The summed E-state index contributed by atoms with van der Waals surface area (Å²) < 4.78 is 5.96. The Bertz CT molecular complexity index is 738. The molecule has 3 rings (SSSR count). The number of nitrogens with two attached hydrogens (primary N) is 1. The first kappa shape index (κ1) is 12.6. The number of ether oxygens (including phenoxy) is 1. The van der Waals surface area contributed by atoms with Gasteiger partial charge in [-0.1, -0.05) is 24.3 Å². The van der Waals surface area contributed by atoms with Crippen LogP contribution in [0.1, 0.15) is 18.5 Å². The van der Waals surface area contributed by atoms with E-state index in [1.165, 1.54) is 0 Å². The van der Waals surface area contributed by atoms with E-state index in [0.717, 1.165) is 28.0 Å². The first-order valence-electron chi connectivity index (χ1n) is 6.61. The quantitative estimate of drug-likeness (QED) is 0.776. The fraction of sp³-hybridized carbons (Fsp3) is 0.118. The first-order chi connectivity index (χ1) is 9.74. The fourth-order valence-electron chi connectivity index (χ4n) is 2.19. The van der Waals surface area contributed by atoms with E-state index in [1.807, 2.05) is 61.5 Å². The molecule has 20 heavy (non-hydrogen) atoms. The summed E-state index contributed by atoms with van der Waals surface area (Å²) in [5.74, 6) is 1.56. The second kappa shape index (κ2) is 5.31. The van der Waals surface area contributed by atoms with Crippen LogP contribution in [0.25, 0.3) is 10.9 Å². The Morgan fingerprint density at radius 1 is 1.05 bits per heavy atom. The van der Waals surface area contributed by atoms with Gasteiger partial charge in [0.15, 0.2) is 0 Å². The van der Waals surface area contributed by atoms with Gasteiger partial charge in [-0.2, -0.15) is 0 Å². The van der Waals surface area contributed by atoms with E-state index < -0.39 is 0 Å². The number of fused-ring (bicyclic) bond motifs is 1. The topological polar surface area (TPSA) is 48.1 Å². The molecule has 0 spiro atoms. The molecule has 0 fully saturated rings. The minimum atomic E-state index is -0.0650. The highest BCUT2D eigenvalue weighted by molar-refractivity contribution is 5.79. The van der Waals surface area contributed by atoms with Crippen LogP contribution in [0, 0.1) is 0 Å². The Morgan fingerprint density at radius 2 is 1.90 bits per heavy atom. The van der Waals surface area contributed by atoms with Crippen LogP contribution in [0.2, 0.25) is 0 Å². The largest absolute Gasteiger partial charge is 0.457 e. The second-order valence-electron chi connectivity index (χ2n) is 4.79. The highest BCUT2D eigenvalue weighted by Gasteiger charge is 2.08. The maximum absolute atomic E-state index is 5.97. The molecule has 2 N–H and O–H groups in total. The number of nitrogens with zero attached hydrogens (tertiary/aromatic N) is 1. The number of aromatic nitrogens is 1. The minimum Gasteiger partial charge on any atom is -0.457 e. The number of benzene rings is 2. The van der Waals surface area contributed by atoms with E-state index in [9.17, 15) is 0 Å². The SMILES string of the molecule is C[C@@H](N)c1ccccc1Oc1ccc2cccnc2c1. The van der Waals surface area contributed by atoms with Crippen molar-refractivity contribution in [3.8, 4) is 11.5 Å². The molecule has 0 saturated carbocycles. The highest BCUT2D eigenvalue weighted by Crippen LogP contribution is 2.29. The molecule has 1 aromatic heterocycles. The maximum atomic E-state index is 5.97. The van der Waals surface area contributed by atoms with Gasteiger partial charge in [-0.15, -0.1) is 0 Å². The van der Waals surface area contributed by atoms with Gasteiger partial charge in [0.05, 0.1) is 5.52 Å². The van der Waals surface area contributed by atoms with Gasteiger partial charge in [0, 0.05) is 29.3 Å². The lowest BCUT2D eigenvalue weighted by Gasteiger charge is -2.13. The summed E-state index contributed by atoms with van der Waals surface area (Å²) in [4.78, 5) is 4.34. The molecule has 3 aromatic rings. The number of rotatable bonds is 3. The molecule has 0 aliphatic carbocycles. The molecule has 100 valence electrons. The Hall–Kier alpha value is -2.39. The molecular weight excluding hydrogens is 248 g/mol. The minimum absolute atomic E-state index is 0.0650. The van der Waals surface area contributed by atoms with Crippen molar-refractivity contribution >= 4 is 10.9 Å². The molecular formula is C17H16N2O. The van der Waals surface area contributed by atoms with E-state index in [2.05, 4.69) is 4.98 Å². The smallest absolute Gasteiger partial charge is 0.132 e. The first-order valence-corrected chi connectivity index (χ1v) is 6.61. The van der Waals surface area contributed by atoms with E-state index in [0.29, 0.717) is 0 Å². The lowest BCUT2D eigenvalue weighted by Crippen LogP contribution is -2.06. The van der Waals surface area contributed by atoms with Crippen LogP contribution in [0.15, 0.2) is 60.8 Å². The summed E-state index contributed by atoms with van der Waals surface area (Å²) in [5, 5.41) is 1.10. The van der Waals surface area contributed by atoms with Gasteiger partial charge < -0.3 is 10.5 Å². The average molecular weight is 264 g/mol. The third kappa shape index (κ3) is 2.49. The molecule has 1 atom stereocenters. The zero-order chi connectivity index (χ0) is 13.9. The predicted octanol–water partition coefficient (Wildman–Crippen LogP) is 4.05. The number of pyridine rings is 1. The number of hydrogen-bond acceptors (Lipinski definition) is 3. The molecule has 0 aliphatic heterocycles. The Kier molecular flexibility index (Phi) is 3.35. The lowest BCUT2D eigenvalue weighted by molar-refractivity contribution is 0.472. The molecule has 0 saturated heterocycles. The summed E-state index contributed by atoms with van der Waals surface area (Å²) in [6.45, 7) is 1.95. The van der Waals surface area contributed by atoms with Crippen molar-refractivity contribution in [3.05, 3.63) is 66.4 Å². The molecule has 0 aliphatic rings. The molecule has 0 amide bonds. The van der Waals surface area contributed by atoms with Gasteiger partial charge in [0.1, 0.15) is 11.5 Å². The molecule has 3 heteroatoms. The third-order valence-electron chi connectivity index (χ3n) is 3.21. The van der Waals surface area contributed by atoms with Crippen LogP contribution in [0.3, 0.4) is 0 Å². The van der Waals surface area contributed by atoms with E-state index in [-0.39, 0.29) is 6.04 Å². The molecule has 0 radical (unpaired) electrons. The van der Waals surface area contributed by atoms with Crippen LogP contribution in [0.5, 0.6) is 11.5 Å². The number of hydrogen-bond donors (Lipinski definition) is 1. The third-order valence-corrected chi connectivity index (χ3v) is 3.21. The van der Waals surface area contributed by atoms with Gasteiger partial charge in [0.2, 0.25) is 0 Å². The van der Waals surface area contributed by atoms with Gasteiger partial charge in [-0.05, 0) is 31.2 Å². The predicted molar refractivity (Wildman–Crippen MR) is 80.9 cm³/mol. The van der Waals surface area contributed by atoms with Crippen molar-refractivity contribution in [3.63, 3.8) is 0 Å². The Balaban J connectivity index is 1.97. The van der Waals surface area contributed by atoms with E-state index in [4.69, 9.17) is 10.5 Å². The van der Waals surface area contributed by atoms with Crippen LogP contribution in [0.4, 0.5) is 0 Å². The van der Waals surface area contributed by atoms with Crippen molar-refractivity contribution in [2.75, 3.05) is 0 Å². The number of para-hydroxylation sites is 1. The summed E-state index contributed by atoms with van der Waals surface area (Å²) in [6, 6.07) is 17.6. The maximum Gasteiger partial charge on any atom is 0.132 e. The summed E-state index contributed by atoms with van der Waals surface area (Å²) in [5.41, 5.74) is 7.88. The average Bonchev–Trinajstić information content (AvgIpc) is 2.47. The second-order valence-corrected chi connectivity index (χ2v) is 4.79. The lowest BCUT2D eigenvalue weighted by atomic mass is 10.1. The van der Waals surface area contributed by atoms with Crippen molar-refractivity contribution in [1.82, 2.24) is 4.98 Å². The van der Waals surface area contributed by atoms with E-state index in [1.54, 1.807) is 6.20 Å².